The molecule has 1 nitrogen and oxygen atoms in total. The molecule has 2 aliphatic carbocycles. The van der Waals surface area contributed by atoms with E-state index >= 15 is 0 Å². The number of aliphatic hydroxyl groups excluding tert-OH is 1. The summed E-state index contributed by atoms with van der Waals surface area (Å²) < 4.78 is 0. The van der Waals surface area contributed by atoms with Crippen molar-refractivity contribution < 1.29 is 5.11 Å². The lowest BCUT2D eigenvalue weighted by Crippen LogP contribution is -2.26. The van der Waals surface area contributed by atoms with Crippen molar-refractivity contribution in [1.82, 2.24) is 0 Å². The Balaban J connectivity index is 2.19. The molecule has 1 heteroatoms. The van der Waals surface area contributed by atoms with Gasteiger partial charge in [0.25, 0.3) is 0 Å². The second kappa shape index (κ2) is 1.60. The maximum absolute atomic E-state index is 9.35. The Morgan fingerprint density at radius 2 is 2.33 bits per heavy atom. The quantitative estimate of drug-likeness (QED) is 0.483. The molecular formula is C8H12O. The van der Waals surface area contributed by atoms with Gasteiger partial charge in [0, 0.05) is 5.92 Å². The summed E-state index contributed by atoms with van der Waals surface area (Å²) >= 11 is 0. The van der Waals surface area contributed by atoms with E-state index < -0.39 is 0 Å². The van der Waals surface area contributed by atoms with E-state index in [4.69, 9.17) is 0 Å². The van der Waals surface area contributed by atoms with E-state index in [1.807, 2.05) is 0 Å². The van der Waals surface area contributed by atoms with E-state index in [-0.39, 0.29) is 6.10 Å². The van der Waals surface area contributed by atoms with E-state index in [1.165, 1.54) is 12.0 Å². The molecule has 50 valence electrons. The lowest BCUT2D eigenvalue weighted by atomic mass is 9.77. The SMILES string of the molecule is CC1=C[C@H]2CC[C@@H](O)[C@@H]12. The minimum absolute atomic E-state index is 0.0139. The van der Waals surface area contributed by atoms with Gasteiger partial charge in [-0.3, -0.25) is 0 Å². The summed E-state index contributed by atoms with van der Waals surface area (Å²) in [5.41, 5.74) is 1.41. The molecule has 0 radical (unpaired) electrons. The summed E-state index contributed by atoms with van der Waals surface area (Å²) in [5.74, 6) is 1.28. The minimum Gasteiger partial charge on any atom is -0.392 e. The van der Waals surface area contributed by atoms with Crippen LogP contribution in [0.3, 0.4) is 0 Å². The largest absolute Gasteiger partial charge is 0.392 e. The van der Waals surface area contributed by atoms with Gasteiger partial charge < -0.3 is 5.11 Å². The monoisotopic (exact) mass is 124 g/mol. The van der Waals surface area contributed by atoms with Crippen LogP contribution in [-0.4, -0.2) is 11.2 Å². The summed E-state index contributed by atoms with van der Waals surface area (Å²) in [6.45, 7) is 2.12. The predicted octanol–water partition coefficient (Wildman–Crippen LogP) is 1.33. The Bertz CT molecular complexity index is 160. The maximum atomic E-state index is 9.35. The third kappa shape index (κ3) is 0.584. The lowest BCUT2D eigenvalue weighted by Gasteiger charge is -2.29. The zero-order chi connectivity index (χ0) is 6.43. The van der Waals surface area contributed by atoms with Gasteiger partial charge in [0.1, 0.15) is 0 Å². The van der Waals surface area contributed by atoms with Crippen molar-refractivity contribution in [1.29, 1.82) is 0 Å². The zero-order valence-electron chi connectivity index (χ0n) is 5.67. The van der Waals surface area contributed by atoms with Crippen LogP contribution in [-0.2, 0) is 0 Å². The van der Waals surface area contributed by atoms with Crippen LogP contribution < -0.4 is 0 Å². The molecule has 0 bridgehead atoms. The third-order valence-corrected chi connectivity index (χ3v) is 2.67. The molecule has 0 heterocycles. The standard InChI is InChI=1S/C8H12O/c1-5-4-6-2-3-7(9)8(5)6/h4,6-9H,2-3H2,1H3/t6-,7-,8+/m1/s1. The molecular weight excluding hydrogens is 112 g/mol. The van der Waals surface area contributed by atoms with Gasteiger partial charge in [0.2, 0.25) is 0 Å². The maximum Gasteiger partial charge on any atom is 0.0611 e. The highest BCUT2D eigenvalue weighted by Gasteiger charge is 2.40. The van der Waals surface area contributed by atoms with Gasteiger partial charge in [0.05, 0.1) is 6.10 Å². The fraction of sp³-hybridized carbons (Fsp3) is 0.750. The molecule has 0 spiro atoms. The van der Waals surface area contributed by atoms with Gasteiger partial charge >= 0.3 is 0 Å². The second-order valence-electron chi connectivity index (χ2n) is 3.25. The van der Waals surface area contributed by atoms with Crippen LogP contribution in [0.25, 0.3) is 0 Å². The number of rotatable bonds is 0. The van der Waals surface area contributed by atoms with Crippen LogP contribution in [0.4, 0.5) is 0 Å². The summed E-state index contributed by atoms with van der Waals surface area (Å²) in [6.07, 6.45) is 4.51. The molecule has 3 atom stereocenters. The third-order valence-electron chi connectivity index (χ3n) is 2.67. The molecule has 2 rings (SSSR count). The van der Waals surface area contributed by atoms with Crippen LogP contribution in [0, 0.1) is 11.8 Å². The molecule has 0 aromatic carbocycles. The molecule has 0 aromatic rings. The Morgan fingerprint density at radius 3 is 2.78 bits per heavy atom. The topological polar surface area (TPSA) is 20.2 Å². The predicted molar refractivity (Wildman–Crippen MR) is 36.0 cm³/mol. The number of fused-ring (bicyclic) bond motifs is 1. The Morgan fingerprint density at radius 1 is 1.56 bits per heavy atom. The first-order valence-electron chi connectivity index (χ1n) is 3.65. The molecule has 1 fully saturated rings. The number of hydrogen-bond acceptors (Lipinski definition) is 1. The van der Waals surface area contributed by atoms with Crippen LogP contribution in [0.15, 0.2) is 11.6 Å². The Labute approximate surface area is 55.4 Å². The summed E-state index contributed by atoms with van der Waals surface area (Å²) in [4.78, 5) is 0. The first-order chi connectivity index (χ1) is 4.29. The van der Waals surface area contributed by atoms with Gasteiger partial charge in [-0.05, 0) is 25.7 Å². The first-order valence-corrected chi connectivity index (χ1v) is 3.65. The highest BCUT2D eigenvalue weighted by atomic mass is 16.3. The van der Waals surface area contributed by atoms with Crippen molar-refractivity contribution in [3.05, 3.63) is 11.6 Å². The zero-order valence-corrected chi connectivity index (χ0v) is 5.67. The average Bonchev–Trinajstić information content (AvgIpc) is 2.04. The molecule has 0 aromatic heterocycles. The summed E-state index contributed by atoms with van der Waals surface area (Å²) in [7, 11) is 0. The van der Waals surface area contributed by atoms with Crippen LogP contribution in [0.2, 0.25) is 0 Å². The molecule has 1 N–H and O–H groups in total. The fourth-order valence-electron chi connectivity index (χ4n) is 2.17. The molecule has 9 heavy (non-hydrogen) atoms. The second-order valence-corrected chi connectivity index (χ2v) is 3.25. The Kier molecular flexibility index (Phi) is 0.974. The van der Waals surface area contributed by atoms with E-state index in [0.717, 1.165) is 12.3 Å². The van der Waals surface area contributed by atoms with E-state index in [2.05, 4.69) is 13.0 Å². The molecule has 0 amide bonds. The molecule has 0 saturated heterocycles. The highest BCUT2D eigenvalue weighted by molar-refractivity contribution is 5.24. The number of aliphatic hydroxyl groups is 1. The van der Waals surface area contributed by atoms with Crippen LogP contribution >= 0.6 is 0 Å². The van der Waals surface area contributed by atoms with Gasteiger partial charge in [-0.25, -0.2) is 0 Å². The Hall–Kier alpha value is -0.300. The van der Waals surface area contributed by atoms with Crippen molar-refractivity contribution in [2.24, 2.45) is 11.8 Å². The summed E-state index contributed by atoms with van der Waals surface area (Å²) in [6, 6.07) is 0. The number of allylic oxidation sites excluding steroid dienone is 1. The fourth-order valence-corrected chi connectivity index (χ4v) is 2.17. The molecule has 2 aliphatic rings. The normalized spacial score (nSPS) is 47.8. The lowest BCUT2D eigenvalue weighted by molar-refractivity contribution is 0.133. The first kappa shape index (κ1) is 5.48. The molecule has 1 saturated carbocycles. The summed E-state index contributed by atoms with van der Waals surface area (Å²) in [5, 5.41) is 9.35. The van der Waals surface area contributed by atoms with Gasteiger partial charge in [-0.15, -0.1) is 0 Å². The smallest absolute Gasteiger partial charge is 0.0611 e. The van der Waals surface area contributed by atoms with E-state index in [1.54, 1.807) is 0 Å². The van der Waals surface area contributed by atoms with Crippen LogP contribution in [0.1, 0.15) is 19.8 Å². The highest BCUT2D eigenvalue weighted by Crippen LogP contribution is 2.45. The molecule has 0 aliphatic heterocycles. The van der Waals surface area contributed by atoms with Crippen molar-refractivity contribution in [2.75, 3.05) is 0 Å². The van der Waals surface area contributed by atoms with Gasteiger partial charge in [-0.1, -0.05) is 11.6 Å². The number of hydrogen-bond donors (Lipinski definition) is 1. The van der Waals surface area contributed by atoms with Crippen molar-refractivity contribution in [3.63, 3.8) is 0 Å². The van der Waals surface area contributed by atoms with Crippen molar-refractivity contribution >= 4 is 0 Å². The molecule has 0 unspecified atom stereocenters. The van der Waals surface area contributed by atoms with E-state index in [0.29, 0.717) is 5.92 Å². The van der Waals surface area contributed by atoms with Gasteiger partial charge in [0.15, 0.2) is 0 Å². The van der Waals surface area contributed by atoms with E-state index in [9.17, 15) is 5.11 Å². The van der Waals surface area contributed by atoms with Crippen LogP contribution in [0.5, 0.6) is 0 Å². The van der Waals surface area contributed by atoms with Crippen molar-refractivity contribution in [2.45, 2.75) is 25.9 Å². The van der Waals surface area contributed by atoms with Gasteiger partial charge in [-0.2, -0.15) is 0 Å². The van der Waals surface area contributed by atoms with Crippen molar-refractivity contribution in [3.8, 4) is 0 Å². The average molecular weight is 124 g/mol. The minimum atomic E-state index is -0.0139.